The van der Waals surface area contributed by atoms with Crippen molar-refractivity contribution in [2.45, 2.75) is 19.5 Å². The summed E-state index contributed by atoms with van der Waals surface area (Å²) < 4.78 is 5.07. The second-order valence-corrected chi connectivity index (χ2v) is 4.67. The van der Waals surface area contributed by atoms with Crippen molar-refractivity contribution in [3.8, 4) is 0 Å². The van der Waals surface area contributed by atoms with Crippen LogP contribution in [0.1, 0.15) is 12.5 Å². The molecule has 106 valence electrons. The molecule has 19 heavy (non-hydrogen) atoms. The highest BCUT2D eigenvalue weighted by molar-refractivity contribution is 5.92. The van der Waals surface area contributed by atoms with Crippen LogP contribution in [0, 0.1) is 0 Å². The zero-order chi connectivity index (χ0) is 14.3. The van der Waals surface area contributed by atoms with Crippen LogP contribution >= 0.6 is 0 Å². The molecule has 1 unspecified atom stereocenters. The Labute approximate surface area is 114 Å². The van der Waals surface area contributed by atoms with Gasteiger partial charge in [-0.2, -0.15) is 0 Å². The van der Waals surface area contributed by atoms with Crippen LogP contribution in [0.5, 0.6) is 0 Å². The molecule has 0 radical (unpaired) electrons. The first-order valence-corrected chi connectivity index (χ1v) is 6.35. The van der Waals surface area contributed by atoms with Crippen molar-refractivity contribution in [3.05, 3.63) is 29.8 Å². The Hall–Kier alpha value is -1.43. The van der Waals surface area contributed by atoms with Crippen molar-refractivity contribution in [2.75, 3.05) is 32.6 Å². The number of nitrogens with one attached hydrogen (secondary N) is 1. The fourth-order valence-corrected chi connectivity index (χ4v) is 1.73. The summed E-state index contributed by atoms with van der Waals surface area (Å²) in [6.07, 6.45) is 0. The predicted octanol–water partition coefficient (Wildman–Crippen LogP) is 1.05. The highest BCUT2D eigenvalue weighted by Gasteiger charge is 2.12. The van der Waals surface area contributed by atoms with Crippen LogP contribution in [-0.4, -0.2) is 44.2 Å². The molecule has 1 amide bonds. The average molecular weight is 265 g/mol. The van der Waals surface area contributed by atoms with E-state index in [0.717, 1.165) is 11.3 Å². The van der Waals surface area contributed by atoms with Crippen molar-refractivity contribution in [2.24, 2.45) is 5.73 Å². The van der Waals surface area contributed by atoms with Gasteiger partial charge >= 0.3 is 0 Å². The molecule has 0 aliphatic heterocycles. The number of ether oxygens (including phenoxy) is 1. The third kappa shape index (κ3) is 5.38. The number of carbonyl (C=O) groups excluding carboxylic acids is 1. The molecule has 0 aromatic heterocycles. The van der Waals surface area contributed by atoms with Gasteiger partial charge in [0.05, 0.1) is 13.2 Å². The molecule has 1 aromatic carbocycles. The normalized spacial score (nSPS) is 12.5. The van der Waals surface area contributed by atoms with Crippen LogP contribution in [0.25, 0.3) is 0 Å². The second kappa shape index (κ2) is 7.89. The Bertz CT molecular complexity index is 409. The van der Waals surface area contributed by atoms with Gasteiger partial charge in [-0.3, -0.25) is 9.69 Å². The molecule has 0 aliphatic carbocycles. The molecular formula is C14H23N3O2. The van der Waals surface area contributed by atoms with E-state index in [2.05, 4.69) is 5.32 Å². The topological polar surface area (TPSA) is 67.6 Å². The van der Waals surface area contributed by atoms with Crippen molar-refractivity contribution < 1.29 is 9.53 Å². The Balaban J connectivity index is 2.50. The lowest BCUT2D eigenvalue weighted by atomic mass is 10.2. The van der Waals surface area contributed by atoms with E-state index in [4.69, 9.17) is 10.5 Å². The summed E-state index contributed by atoms with van der Waals surface area (Å²) in [6, 6.07) is 7.76. The van der Waals surface area contributed by atoms with Gasteiger partial charge in [0.25, 0.3) is 0 Å². The highest BCUT2D eigenvalue weighted by atomic mass is 16.5. The minimum absolute atomic E-state index is 0.0420. The first-order valence-electron chi connectivity index (χ1n) is 6.35. The monoisotopic (exact) mass is 265 g/mol. The van der Waals surface area contributed by atoms with E-state index in [0.29, 0.717) is 19.7 Å². The number of nitrogens with zero attached hydrogens (tertiary/aromatic N) is 1. The molecule has 0 heterocycles. The number of hydrogen-bond acceptors (Lipinski definition) is 4. The van der Waals surface area contributed by atoms with E-state index in [1.165, 1.54) is 0 Å². The molecule has 0 fully saturated rings. The summed E-state index contributed by atoms with van der Waals surface area (Å²) in [5.41, 5.74) is 7.35. The average Bonchev–Trinajstić information content (AvgIpc) is 2.39. The SMILES string of the molecule is COCC(C)N(C)CC(=O)Nc1cccc(CN)c1. The minimum Gasteiger partial charge on any atom is -0.383 e. The van der Waals surface area contributed by atoms with E-state index in [9.17, 15) is 4.79 Å². The fourth-order valence-electron chi connectivity index (χ4n) is 1.73. The summed E-state index contributed by atoms with van der Waals surface area (Å²) in [5.74, 6) is -0.0420. The van der Waals surface area contributed by atoms with Crippen molar-refractivity contribution in [1.29, 1.82) is 0 Å². The van der Waals surface area contributed by atoms with E-state index in [-0.39, 0.29) is 11.9 Å². The molecule has 0 saturated carbocycles. The quantitative estimate of drug-likeness (QED) is 0.773. The number of benzene rings is 1. The number of amides is 1. The van der Waals surface area contributed by atoms with Crippen LogP contribution in [0.2, 0.25) is 0 Å². The lowest BCUT2D eigenvalue weighted by Gasteiger charge is -2.23. The standard InChI is InChI=1S/C14H23N3O2/c1-11(10-19-3)17(2)9-14(18)16-13-6-4-5-12(7-13)8-15/h4-7,11H,8-10,15H2,1-3H3,(H,16,18). The maximum Gasteiger partial charge on any atom is 0.238 e. The van der Waals surface area contributed by atoms with E-state index in [1.807, 2.05) is 43.1 Å². The summed E-state index contributed by atoms with van der Waals surface area (Å²) >= 11 is 0. The van der Waals surface area contributed by atoms with Crippen molar-refractivity contribution in [3.63, 3.8) is 0 Å². The van der Waals surface area contributed by atoms with Crippen LogP contribution in [0.15, 0.2) is 24.3 Å². The molecule has 5 heteroatoms. The maximum absolute atomic E-state index is 11.9. The predicted molar refractivity (Wildman–Crippen MR) is 76.9 cm³/mol. The number of methoxy groups -OCH3 is 1. The number of carbonyl (C=O) groups is 1. The van der Waals surface area contributed by atoms with Gasteiger partial charge in [-0.15, -0.1) is 0 Å². The van der Waals surface area contributed by atoms with Gasteiger partial charge in [0.15, 0.2) is 0 Å². The van der Waals surface area contributed by atoms with Crippen LogP contribution in [0.4, 0.5) is 5.69 Å². The second-order valence-electron chi connectivity index (χ2n) is 4.67. The van der Waals surface area contributed by atoms with Gasteiger partial charge in [-0.25, -0.2) is 0 Å². The molecular weight excluding hydrogens is 242 g/mol. The molecule has 0 saturated heterocycles. The first-order chi connectivity index (χ1) is 9.06. The maximum atomic E-state index is 11.9. The lowest BCUT2D eigenvalue weighted by molar-refractivity contribution is -0.117. The number of hydrogen-bond donors (Lipinski definition) is 2. The van der Waals surface area contributed by atoms with Crippen LogP contribution in [-0.2, 0) is 16.1 Å². The third-order valence-corrected chi connectivity index (χ3v) is 3.00. The minimum atomic E-state index is -0.0420. The van der Waals surface area contributed by atoms with Crippen molar-refractivity contribution >= 4 is 11.6 Å². The zero-order valence-corrected chi connectivity index (χ0v) is 11.8. The van der Waals surface area contributed by atoms with Gasteiger partial charge in [-0.1, -0.05) is 12.1 Å². The lowest BCUT2D eigenvalue weighted by Crippen LogP contribution is -2.38. The molecule has 0 aliphatic rings. The molecule has 0 spiro atoms. The molecule has 1 rings (SSSR count). The van der Waals surface area contributed by atoms with E-state index in [1.54, 1.807) is 7.11 Å². The molecule has 3 N–H and O–H groups in total. The van der Waals surface area contributed by atoms with E-state index >= 15 is 0 Å². The summed E-state index contributed by atoms with van der Waals surface area (Å²) in [4.78, 5) is 13.9. The highest BCUT2D eigenvalue weighted by Crippen LogP contribution is 2.10. The Morgan fingerprint density at radius 2 is 2.26 bits per heavy atom. The van der Waals surface area contributed by atoms with Gasteiger partial charge in [-0.05, 0) is 31.7 Å². The van der Waals surface area contributed by atoms with Gasteiger partial charge in [0, 0.05) is 25.4 Å². The van der Waals surface area contributed by atoms with Crippen LogP contribution < -0.4 is 11.1 Å². The van der Waals surface area contributed by atoms with Crippen molar-refractivity contribution in [1.82, 2.24) is 4.90 Å². The van der Waals surface area contributed by atoms with Crippen LogP contribution in [0.3, 0.4) is 0 Å². The van der Waals surface area contributed by atoms with Gasteiger partial charge in [0.2, 0.25) is 5.91 Å². The third-order valence-electron chi connectivity index (χ3n) is 3.00. The summed E-state index contributed by atoms with van der Waals surface area (Å²) in [6.45, 7) is 3.42. The Morgan fingerprint density at radius 1 is 1.53 bits per heavy atom. The smallest absolute Gasteiger partial charge is 0.238 e. The number of rotatable bonds is 7. The molecule has 1 atom stereocenters. The first kappa shape index (κ1) is 15.6. The summed E-state index contributed by atoms with van der Waals surface area (Å²) in [7, 11) is 3.56. The number of nitrogens with two attached hydrogens (primary N) is 1. The van der Waals surface area contributed by atoms with Gasteiger partial charge < -0.3 is 15.8 Å². The fraction of sp³-hybridized carbons (Fsp3) is 0.500. The Morgan fingerprint density at radius 3 is 2.89 bits per heavy atom. The summed E-state index contributed by atoms with van der Waals surface area (Å²) in [5, 5.41) is 2.87. The largest absolute Gasteiger partial charge is 0.383 e. The Kier molecular flexibility index (Phi) is 6.49. The number of likely N-dealkylation sites (N-methyl/N-ethyl adjacent to an activating group) is 1. The number of anilines is 1. The van der Waals surface area contributed by atoms with E-state index < -0.39 is 0 Å². The molecule has 0 bridgehead atoms. The van der Waals surface area contributed by atoms with Gasteiger partial charge in [0.1, 0.15) is 0 Å². The zero-order valence-electron chi connectivity index (χ0n) is 11.8. The molecule has 1 aromatic rings. The molecule has 5 nitrogen and oxygen atoms in total.